The van der Waals surface area contributed by atoms with Crippen LogP contribution in [-0.2, 0) is 11.2 Å². The molecule has 17 heavy (non-hydrogen) atoms. The summed E-state index contributed by atoms with van der Waals surface area (Å²) in [6.45, 7) is 3.93. The van der Waals surface area contributed by atoms with Gasteiger partial charge in [0.15, 0.2) is 0 Å². The van der Waals surface area contributed by atoms with E-state index < -0.39 is 0 Å². The van der Waals surface area contributed by atoms with Gasteiger partial charge in [0.2, 0.25) is 0 Å². The minimum atomic E-state index is 0.647. The van der Waals surface area contributed by atoms with E-state index in [4.69, 9.17) is 9.72 Å². The van der Waals surface area contributed by atoms with Crippen molar-refractivity contribution in [1.82, 2.24) is 9.38 Å². The smallest absolute Gasteiger partial charge is 0.139 e. The molecule has 3 nitrogen and oxygen atoms in total. The quantitative estimate of drug-likeness (QED) is 0.792. The van der Waals surface area contributed by atoms with Gasteiger partial charge in [-0.2, -0.15) is 0 Å². The number of aromatic nitrogens is 2. The molecule has 3 heterocycles. The van der Waals surface area contributed by atoms with Crippen molar-refractivity contribution in [3.8, 4) is 0 Å². The van der Waals surface area contributed by atoms with Crippen molar-refractivity contribution < 1.29 is 4.74 Å². The van der Waals surface area contributed by atoms with Gasteiger partial charge in [0.25, 0.3) is 0 Å². The van der Waals surface area contributed by atoms with Crippen LogP contribution in [0.15, 0.2) is 24.5 Å². The maximum absolute atomic E-state index is 5.52. The lowest BCUT2D eigenvalue weighted by Crippen LogP contribution is -2.19. The van der Waals surface area contributed by atoms with E-state index in [2.05, 4.69) is 35.9 Å². The van der Waals surface area contributed by atoms with Crippen molar-refractivity contribution in [2.24, 2.45) is 5.92 Å². The second kappa shape index (κ2) is 4.49. The summed E-state index contributed by atoms with van der Waals surface area (Å²) in [5.41, 5.74) is 3.51. The van der Waals surface area contributed by atoms with Crippen molar-refractivity contribution in [2.75, 3.05) is 13.2 Å². The number of rotatable bonds is 2. The molecule has 1 saturated heterocycles. The molecule has 90 valence electrons. The van der Waals surface area contributed by atoms with Gasteiger partial charge in [-0.05, 0) is 43.7 Å². The van der Waals surface area contributed by atoms with Gasteiger partial charge in [-0.3, -0.25) is 0 Å². The SMILES string of the molecule is Cc1cccn2cc(CC3CCCOC3)nc12. The van der Waals surface area contributed by atoms with Gasteiger partial charge >= 0.3 is 0 Å². The van der Waals surface area contributed by atoms with Crippen LogP contribution < -0.4 is 0 Å². The van der Waals surface area contributed by atoms with E-state index in [1.165, 1.54) is 24.1 Å². The highest BCUT2D eigenvalue weighted by Gasteiger charge is 2.16. The molecular weight excluding hydrogens is 212 g/mol. The van der Waals surface area contributed by atoms with Crippen molar-refractivity contribution in [3.63, 3.8) is 0 Å². The zero-order valence-electron chi connectivity index (χ0n) is 10.2. The Labute approximate surface area is 101 Å². The summed E-state index contributed by atoms with van der Waals surface area (Å²) in [5, 5.41) is 0. The average Bonchev–Trinajstić information content (AvgIpc) is 2.74. The molecule has 1 atom stereocenters. The Morgan fingerprint density at radius 1 is 1.53 bits per heavy atom. The van der Waals surface area contributed by atoms with Gasteiger partial charge in [-0.15, -0.1) is 0 Å². The molecule has 1 fully saturated rings. The average molecular weight is 230 g/mol. The number of hydrogen-bond acceptors (Lipinski definition) is 2. The molecule has 2 aromatic heterocycles. The van der Waals surface area contributed by atoms with Crippen LogP contribution in [0.1, 0.15) is 24.1 Å². The first-order valence-electron chi connectivity index (χ1n) is 6.34. The molecule has 0 spiro atoms. The van der Waals surface area contributed by atoms with Crippen LogP contribution in [0.3, 0.4) is 0 Å². The van der Waals surface area contributed by atoms with Crippen LogP contribution in [0, 0.1) is 12.8 Å². The number of pyridine rings is 1. The van der Waals surface area contributed by atoms with E-state index in [1.807, 2.05) is 0 Å². The Morgan fingerprint density at radius 3 is 3.24 bits per heavy atom. The minimum absolute atomic E-state index is 0.647. The summed E-state index contributed by atoms with van der Waals surface area (Å²) < 4.78 is 7.64. The third kappa shape index (κ3) is 2.20. The molecule has 0 N–H and O–H groups in total. The summed E-state index contributed by atoms with van der Waals surface area (Å²) in [6.07, 6.45) is 7.72. The van der Waals surface area contributed by atoms with Crippen molar-refractivity contribution in [3.05, 3.63) is 35.8 Å². The zero-order chi connectivity index (χ0) is 11.7. The van der Waals surface area contributed by atoms with Crippen LogP contribution in [0.25, 0.3) is 5.65 Å². The summed E-state index contributed by atoms with van der Waals surface area (Å²) in [4.78, 5) is 4.71. The summed E-state index contributed by atoms with van der Waals surface area (Å²) >= 11 is 0. The van der Waals surface area contributed by atoms with Gasteiger partial charge in [0, 0.05) is 25.6 Å². The molecule has 2 aromatic rings. The predicted molar refractivity (Wildman–Crippen MR) is 67.2 cm³/mol. The maximum atomic E-state index is 5.52. The largest absolute Gasteiger partial charge is 0.381 e. The lowest BCUT2D eigenvalue weighted by molar-refractivity contribution is 0.0547. The van der Waals surface area contributed by atoms with E-state index in [-0.39, 0.29) is 0 Å². The first-order chi connectivity index (χ1) is 8.33. The Bertz CT molecular complexity index is 512. The third-order valence-corrected chi connectivity index (χ3v) is 3.48. The van der Waals surface area contributed by atoms with Crippen molar-refractivity contribution in [2.45, 2.75) is 26.2 Å². The van der Waals surface area contributed by atoms with Crippen LogP contribution in [0.4, 0.5) is 0 Å². The first kappa shape index (κ1) is 10.8. The highest BCUT2D eigenvalue weighted by Crippen LogP contribution is 2.19. The van der Waals surface area contributed by atoms with Crippen LogP contribution >= 0.6 is 0 Å². The van der Waals surface area contributed by atoms with E-state index in [0.717, 1.165) is 25.3 Å². The van der Waals surface area contributed by atoms with Gasteiger partial charge in [0.05, 0.1) is 5.69 Å². The zero-order valence-corrected chi connectivity index (χ0v) is 10.2. The summed E-state index contributed by atoms with van der Waals surface area (Å²) in [5.74, 6) is 0.647. The fourth-order valence-electron chi connectivity index (χ4n) is 2.57. The molecule has 0 saturated carbocycles. The molecule has 3 rings (SSSR count). The third-order valence-electron chi connectivity index (χ3n) is 3.48. The molecule has 0 amide bonds. The number of nitrogens with zero attached hydrogens (tertiary/aromatic N) is 2. The van der Waals surface area contributed by atoms with Crippen LogP contribution in [0.2, 0.25) is 0 Å². The molecule has 0 aromatic carbocycles. The number of aryl methyl sites for hydroxylation is 1. The highest BCUT2D eigenvalue weighted by atomic mass is 16.5. The monoisotopic (exact) mass is 230 g/mol. The molecule has 1 unspecified atom stereocenters. The number of imidazole rings is 1. The lowest BCUT2D eigenvalue weighted by atomic mass is 9.97. The van der Waals surface area contributed by atoms with Crippen molar-refractivity contribution in [1.29, 1.82) is 0 Å². The van der Waals surface area contributed by atoms with Gasteiger partial charge < -0.3 is 9.14 Å². The molecular formula is C14H18N2O. The predicted octanol–water partition coefficient (Wildman–Crippen LogP) is 2.61. The molecule has 3 heteroatoms. The summed E-state index contributed by atoms with van der Waals surface area (Å²) in [6, 6.07) is 4.17. The van der Waals surface area contributed by atoms with Gasteiger partial charge in [0.1, 0.15) is 5.65 Å². The summed E-state index contributed by atoms with van der Waals surface area (Å²) in [7, 11) is 0. The minimum Gasteiger partial charge on any atom is -0.381 e. The Hall–Kier alpha value is -1.35. The fourth-order valence-corrected chi connectivity index (χ4v) is 2.57. The van der Waals surface area contributed by atoms with Gasteiger partial charge in [-0.25, -0.2) is 4.98 Å². The highest BCUT2D eigenvalue weighted by molar-refractivity contribution is 5.47. The Balaban J connectivity index is 1.83. The normalized spacial score (nSPS) is 20.9. The van der Waals surface area contributed by atoms with Crippen molar-refractivity contribution >= 4 is 5.65 Å². The van der Waals surface area contributed by atoms with E-state index in [9.17, 15) is 0 Å². The number of hydrogen-bond donors (Lipinski definition) is 0. The van der Waals surface area contributed by atoms with E-state index >= 15 is 0 Å². The standard InChI is InChI=1S/C14H18N2O/c1-11-4-2-6-16-9-13(15-14(11)16)8-12-5-3-7-17-10-12/h2,4,6,9,12H,3,5,7-8,10H2,1H3. The molecule has 0 bridgehead atoms. The Morgan fingerprint density at radius 2 is 2.47 bits per heavy atom. The molecule has 1 aliphatic heterocycles. The molecule has 0 radical (unpaired) electrons. The van der Waals surface area contributed by atoms with Crippen LogP contribution in [0.5, 0.6) is 0 Å². The van der Waals surface area contributed by atoms with Gasteiger partial charge in [-0.1, -0.05) is 6.07 Å². The Kier molecular flexibility index (Phi) is 2.85. The topological polar surface area (TPSA) is 26.5 Å². The first-order valence-corrected chi connectivity index (χ1v) is 6.34. The number of ether oxygens (including phenoxy) is 1. The molecule has 1 aliphatic rings. The van der Waals surface area contributed by atoms with E-state index in [1.54, 1.807) is 0 Å². The van der Waals surface area contributed by atoms with E-state index in [0.29, 0.717) is 5.92 Å². The lowest BCUT2D eigenvalue weighted by Gasteiger charge is -2.20. The second-order valence-electron chi connectivity index (χ2n) is 4.94. The fraction of sp³-hybridized carbons (Fsp3) is 0.500. The second-order valence-corrected chi connectivity index (χ2v) is 4.94. The van der Waals surface area contributed by atoms with Crippen LogP contribution in [-0.4, -0.2) is 22.6 Å². The molecule has 0 aliphatic carbocycles. The number of fused-ring (bicyclic) bond motifs is 1. The maximum Gasteiger partial charge on any atom is 0.139 e.